The van der Waals surface area contributed by atoms with E-state index in [0.29, 0.717) is 12.2 Å². The summed E-state index contributed by atoms with van der Waals surface area (Å²) >= 11 is 0. The van der Waals surface area contributed by atoms with Crippen molar-refractivity contribution in [3.05, 3.63) is 24.0 Å². The Kier molecular flexibility index (Phi) is 4.12. The molecule has 0 unspecified atom stereocenters. The van der Waals surface area contributed by atoms with Crippen LogP contribution in [0, 0.1) is 5.82 Å². The predicted octanol–water partition coefficient (Wildman–Crippen LogP) is 2.76. The van der Waals surface area contributed by atoms with Crippen molar-refractivity contribution in [2.24, 2.45) is 0 Å². The van der Waals surface area contributed by atoms with E-state index in [4.69, 9.17) is 9.84 Å². The van der Waals surface area contributed by atoms with E-state index >= 15 is 0 Å². The fourth-order valence-electron chi connectivity index (χ4n) is 1.23. The molecule has 0 bridgehead atoms. The Bertz CT molecular complexity index is 353. The second-order valence-corrected chi connectivity index (χ2v) is 4.31. The molecule has 0 saturated heterocycles. The van der Waals surface area contributed by atoms with Crippen LogP contribution in [0.4, 0.5) is 10.1 Å². The van der Waals surface area contributed by atoms with Gasteiger partial charge in [0.25, 0.3) is 0 Å². The summed E-state index contributed by atoms with van der Waals surface area (Å²) in [5, 5.41) is 12.1. The van der Waals surface area contributed by atoms with Crippen molar-refractivity contribution in [3.8, 4) is 5.75 Å². The maximum Gasteiger partial charge on any atom is 0.166 e. The third-order valence-electron chi connectivity index (χ3n) is 2.56. The Labute approximate surface area is 95.2 Å². The van der Waals surface area contributed by atoms with Crippen LogP contribution in [0.5, 0.6) is 5.75 Å². The van der Waals surface area contributed by atoms with Gasteiger partial charge in [-0.05, 0) is 32.4 Å². The summed E-state index contributed by atoms with van der Waals surface area (Å²) in [6.07, 6.45) is 0.812. The van der Waals surface area contributed by atoms with Crippen LogP contribution >= 0.6 is 0 Å². The highest BCUT2D eigenvalue weighted by Crippen LogP contribution is 2.20. The number of halogens is 1. The van der Waals surface area contributed by atoms with Crippen LogP contribution in [0.2, 0.25) is 0 Å². The molecule has 0 aromatic heterocycles. The third-order valence-corrected chi connectivity index (χ3v) is 2.56. The molecule has 90 valence electrons. The molecule has 0 fully saturated rings. The van der Waals surface area contributed by atoms with Crippen molar-refractivity contribution in [2.45, 2.75) is 25.9 Å². The maximum atomic E-state index is 13.0. The van der Waals surface area contributed by atoms with Crippen molar-refractivity contribution in [3.63, 3.8) is 0 Å². The van der Waals surface area contributed by atoms with E-state index < -0.39 is 5.82 Å². The van der Waals surface area contributed by atoms with Gasteiger partial charge in [-0.15, -0.1) is 0 Å². The zero-order valence-electron chi connectivity index (χ0n) is 9.88. The zero-order chi connectivity index (χ0) is 12.2. The first kappa shape index (κ1) is 12.8. The number of phenols is 1. The van der Waals surface area contributed by atoms with Crippen LogP contribution in [0.3, 0.4) is 0 Å². The largest absolute Gasteiger partial charge is 0.505 e. The maximum absolute atomic E-state index is 13.0. The zero-order valence-corrected chi connectivity index (χ0v) is 9.88. The van der Waals surface area contributed by atoms with Gasteiger partial charge >= 0.3 is 0 Å². The monoisotopic (exact) mass is 227 g/mol. The van der Waals surface area contributed by atoms with Gasteiger partial charge in [-0.1, -0.05) is 0 Å². The Hall–Kier alpha value is -1.29. The number of aromatic hydroxyl groups is 1. The molecular formula is C12H18FNO2. The molecule has 0 atom stereocenters. The number of ether oxygens (including phenoxy) is 1. The minimum atomic E-state index is -0.615. The smallest absolute Gasteiger partial charge is 0.166 e. The molecule has 1 rings (SSSR count). The van der Waals surface area contributed by atoms with Crippen molar-refractivity contribution in [1.29, 1.82) is 0 Å². The second-order valence-electron chi connectivity index (χ2n) is 4.31. The van der Waals surface area contributed by atoms with Crippen LogP contribution in [-0.4, -0.2) is 24.4 Å². The molecule has 0 amide bonds. The third kappa shape index (κ3) is 3.70. The molecule has 0 radical (unpaired) electrons. The summed E-state index contributed by atoms with van der Waals surface area (Å²) in [5.74, 6) is -0.946. The number of anilines is 1. The average Bonchev–Trinajstić information content (AvgIpc) is 2.23. The number of methoxy groups -OCH3 is 1. The van der Waals surface area contributed by atoms with Crippen molar-refractivity contribution < 1.29 is 14.2 Å². The summed E-state index contributed by atoms with van der Waals surface area (Å²) in [4.78, 5) is 0. The molecule has 0 aliphatic heterocycles. The van der Waals surface area contributed by atoms with Gasteiger partial charge in [-0.2, -0.15) is 0 Å². The van der Waals surface area contributed by atoms with Gasteiger partial charge in [0.2, 0.25) is 0 Å². The molecular weight excluding hydrogens is 209 g/mol. The van der Waals surface area contributed by atoms with Gasteiger partial charge in [-0.25, -0.2) is 4.39 Å². The number of benzene rings is 1. The summed E-state index contributed by atoms with van der Waals surface area (Å²) in [6.45, 7) is 4.67. The molecule has 3 nitrogen and oxygen atoms in total. The van der Waals surface area contributed by atoms with Gasteiger partial charge in [0.05, 0.1) is 5.60 Å². The quantitative estimate of drug-likeness (QED) is 0.760. The molecule has 1 aromatic carbocycles. The topological polar surface area (TPSA) is 41.5 Å². The SMILES string of the molecule is COC(C)(C)CCNc1ccc(O)c(F)c1. The molecule has 0 saturated carbocycles. The molecule has 0 aliphatic carbocycles. The minimum absolute atomic E-state index is 0.192. The number of rotatable bonds is 5. The molecule has 2 N–H and O–H groups in total. The summed E-state index contributed by atoms with van der Waals surface area (Å²) in [7, 11) is 1.67. The van der Waals surface area contributed by atoms with E-state index in [2.05, 4.69) is 5.32 Å². The minimum Gasteiger partial charge on any atom is -0.505 e. The molecule has 0 spiro atoms. The highest BCUT2D eigenvalue weighted by molar-refractivity contribution is 5.46. The van der Waals surface area contributed by atoms with Crippen molar-refractivity contribution in [1.82, 2.24) is 0 Å². The number of hydrogen-bond donors (Lipinski definition) is 2. The van der Waals surface area contributed by atoms with E-state index in [1.54, 1.807) is 13.2 Å². The van der Waals surface area contributed by atoms with E-state index in [9.17, 15) is 4.39 Å². The van der Waals surface area contributed by atoms with E-state index in [1.165, 1.54) is 12.1 Å². The summed E-state index contributed by atoms with van der Waals surface area (Å²) in [5.41, 5.74) is 0.463. The Balaban J connectivity index is 2.46. The highest BCUT2D eigenvalue weighted by Gasteiger charge is 2.15. The normalized spacial score (nSPS) is 11.5. The van der Waals surface area contributed by atoms with E-state index in [1.807, 2.05) is 13.8 Å². The lowest BCUT2D eigenvalue weighted by Gasteiger charge is -2.23. The van der Waals surface area contributed by atoms with Gasteiger partial charge in [0.1, 0.15) is 0 Å². The van der Waals surface area contributed by atoms with Crippen LogP contribution in [-0.2, 0) is 4.74 Å². The Morgan fingerprint density at radius 1 is 1.44 bits per heavy atom. The fraction of sp³-hybridized carbons (Fsp3) is 0.500. The van der Waals surface area contributed by atoms with Crippen molar-refractivity contribution in [2.75, 3.05) is 19.0 Å². The Morgan fingerprint density at radius 2 is 2.12 bits per heavy atom. The van der Waals surface area contributed by atoms with E-state index in [-0.39, 0.29) is 11.4 Å². The van der Waals surface area contributed by atoms with Crippen molar-refractivity contribution >= 4 is 5.69 Å². The summed E-state index contributed by atoms with van der Waals surface area (Å²) < 4.78 is 18.3. The fourth-order valence-corrected chi connectivity index (χ4v) is 1.23. The van der Waals surface area contributed by atoms with Crippen LogP contribution in [0.25, 0.3) is 0 Å². The Morgan fingerprint density at radius 3 is 2.69 bits per heavy atom. The molecule has 4 heteroatoms. The second kappa shape index (κ2) is 5.16. The summed E-state index contributed by atoms with van der Waals surface area (Å²) in [6, 6.07) is 4.24. The van der Waals surface area contributed by atoms with Crippen LogP contribution in [0.1, 0.15) is 20.3 Å². The predicted molar refractivity (Wildman–Crippen MR) is 62.3 cm³/mol. The lowest BCUT2D eigenvalue weighted by atomic mass is 10.1. The van der Waals surface area contributed by atoms with Gasteiger partial charge in [0.15, 0.2) is 11.6 Å². The lowest BCUT2D eigenvalue weighted by Crippen LogP contribution is -2.25. The van der Waals surface area contributed by atoms with E-state index in [0.717, 1.165) is 6.42 Å². The standard InChI is InChI=1S/C12H18FNO2/c1-12(2,16-3)6-7-14-9-4-5-11(15)10(13)8-9/h4-5,8,14-15H,6-7H2,1-3H3. The number of phenolic OH excluding ortho intramolecular Hbond substituents is 1. The highest BCUT2D eigenvalue weighted by atomic mass is 19.1. The molecule has 16 heavy (non-hydrogen) atoms. The average molecular weight is 227 g/mol. The molecule has 0 heterocycles. The first-order valence-electron chi connectivity index (χ1n) is 5.22. The first-order chi connectivity index (χ1) is 7.44. The van der Waals surface area contributed by atoms with Gasteiger partial charge < -0.3 is 15.2 Å². The van der Waals surface area contributed by atoms with Crippen LogP contribution < -0.4 is 5.32 Å². The lowest BCUT2D eigenvalue weighted by molar-refractivity contribution is 0.0185. The van der Waals surface area contributed by atoms with Gasteiger partial charge in [0, 0.05) is 25.4 Å². The van der Waals surface area contributed by atoms with Crippen LogP contribution in [0.15, 0.2) is 18.2 Å². The number of nitrogens with one attached hydrogen (secondary N) is 1. The van der Waals surface area contributed by atoms with Gasteiger partial charge in [-0.3, -0.25) is 0 Å². The first-order valence-corrected chi connectivity index (χ1v) is 5.22. The molecule has 1 aromatic rings. The molecule has 0 aliphatic rings. The number of hydrogen-bond acceptors (Lipinski definition) is 3.